The number of hydrogen-bond acceptors (Lipinski definition) is 4. The first-order valence-corrected chi connectivity index (χ1v) is 9.56. The van der Waals surface area contributed by atoms with Crippen LogP contribution in [0, 0.1) is 11.6 Å². The third kappa shape index (κ3) is 3.23. The molecule has 0 saturated carbocycles. The van der Waals surface area contributed by atoms with Gasteiger partial charge in [-0.2, -0.15) is 0 Å². The van der Waals surface area contributed by atoms with Crippen LogP contribution in [-0.4, -0.2) is 25.9 Å². The number of aliphatic hydroxyl groups is 1. The maximum atomic E-state index is 15.1. The van der Waals surface area contributed by atoms with Gasteiger partial charge < -0.3 is 10.0 Å². The summed E-state index contributed by atoms with van der Waals surface area (Å²) < 4.78 is 45.4. The molecule has 154 valence electrons. The van der Waals surface area contributed by atoms with E-state index in [2.05, 4.69) is 9.97 Å². The van der Waals surface area contributed by atoms with Gasteiger partial charge >= 0.3 is 0 Å². The molecule has 1 N–H and O–H groups in total. The molecule has 0 saturated heterocycles. The van der Waals surface area contributed by atoms with Crippen LogP contribution in [0.1, 0.15) is 29.9 Å². The maximum absolute atomic E-state index is 15.1. The SMILES string of the molecule is [2H]C([2H])(O)c1ccc(-c2cc(F)c(CN3Cc4ncccc4C3=O)c(F)c2)c2cccnc12. The molecule has 3 heterocycles. The lowest BCUT2D eigenvalue weighted by molar-refractivity contribution is 0.0763. The molecule has 1 aliphatic rings. The van der Waals surface area contributed by atoms with Gasteiger partial charge in [-0.1, -0.05) is 18.2 Å². The van der Waals surface area contributed by atoms with Crippen LogP contribution < -0.4 is 0 Å². The Bertz CT molecular complexity index is 1400. The van der Waals surface area contributed by atoms with E-state index in [1.54, 1.807) is 30.5 Å². The molecule has 31 heavy (non-hydrogen) atoms. The first-order valence-electron chi connectivity index (χ1n) is 10.6. The van der Waals surface area contributed by atoms with E-state index >= 15 is 8.78 Å². The Kier molecular flexibility index (Phi) is 4.13. The molecule has 0 fully saturated rings. The fourth-order valence-electron chi connectivity index (χ4n) is 3.92. The van der Waals surface area contributed by atoms with Crippen LogP contribution in [0.25, 0.3) is 22.0 Å². The highest BCUT2D eigenvalue weighted by Crippen LogP contribution is 2.33. The summed E-state index contributed by atoms with van der Waals surface area (Å²) in [7, 11) is 0. The summed E-state index contributed by atoms with van der Waals surface area (Å²) in [5.41, 5.74) is 1.59. The first-order chi connectivity index (χ1) is 15.7. The molecule has 0 radical (unpaired) electrons. The van der Waals surface area contributed by atoms with Gasteiger partial charge in [0, 0.05) is 28.9 Å². The molecule has 7 heteroatoms. The number of carbonyl (C=O) groups excluding carboxylic acids is 1. The fourth-order valence-corrected chi connectivity index (χ4v) is 3.92. The van der Waals surface area contributed by atoms with Crippen molar-refractivity contribution in [1.29, 1.82) is 0 Å². The lowest BCUT2D eigenvalue weighted by Crippen LogP contribution is -2.24. The Morgan fingerprint density at radius 3 is 2.52 bits per heavy atom. The van der Waals surface area contributed by atoms with Crippen molar-refractivity contribution in [3.05, 3.63) is 94.9 Å². The smallest absolute Gasteiger partial charge is 0.256 e. The van der Waals surface area contributed by atoms with E-state index in [9.17, 15) is 9.90 Å². The van der Waals surface area contributed by atoms with E-state index in [0.29, 0.717) is 22.2 Å². The van der Waals surface area contributed by atoms with Gasteiger partial charge in [-0.15, -0.1) is 0 Å². The molecule has 5 nitrogen and oxygen atoms in total. The molecule has 2 aromatic carbocycles. The summed E-state index contributed by atoms with van der Waals surface area (Å²) in [5.74, 6) is -1.94. The van der Waals surface area contributed by atoms with Crippen molar-refractivity contribution in [2.45, 2.75) is 19.6 Å². The number of hydrogen-bond donors (Lipinski definition) is 1. The summed E-state index contributed by atoms with van der Waals surface area (Å²) in [6.45, 7) is -2.68. The molecule has 5 rings (SSSR count). The van der Waals surface area contributed by atoms with Crippen LogP contribution in [-0.2, 0) is 19.6 Å². The number of benzene rings is 2. The van der Waals surface area contributed by atoms with E-state index in [-0.39, 0.29) is 41.2 Å². The Hall–Kier alpha value is -3.71. The second-order valence-corrected chi connectivity index (χ2v) is 7.25. The minimum absolute atomic E-state index is 0.0415. The molecule has 2 aromatic heterocycles. The van der Waals surface area contributed by atoms with E-state index in [1.807, 2.05) is 0 Å². The first kappa shape index (κ1) is 17.0. The van der Waals surface area contributed by atoms with Gasteiger partial charge in [0.25, 0.3) is 5.91 Å². The van der Waals surface area contributed by atoms with Crippen molar-refractivity contribution in [2.75, 3.05) is 0 Å². The zero-order valence-electron chi connectivity index (χ0n) is 18.1. The third-order valence-corrected chi connectivity index (χ3v) is 5.44. The van der Waals surface area contributed by atoms with Gasteiger partial charge in [-0.3, -0.25) is 14.8 Å². The van der Waals surface area contributed by atoms with Gasteiger partial charge in [0.05, 0.1) is 39.2 Å². The monoisotopic (exact) mass is 419 g/mol. The minimum Gasteiger partial charge on any atom is -0.392 e. The number of halogens is 2. The number of fused-ring (bicyclic) bond motifs is 2. The van der Waals surface area contributed by atoms with Gasteiger partial charge in [-0.05, 0) is 41.5 Å². The molecule has 1 amide bonds. The fraction of sp³-hybridized carbons (Fsp3) is 0.125. The van der Waals surface area contributed by atoms with Crippen molar-refractivity contribution in [2.24, 2.45) is 0 Å². The topological polar surface area (TPSA) is 66.3 Å². The Morgan fingerprint density at radius 1 is 1.03 bits per heavy atom. The highest BCUT2D eigenvalue weighted by atomic mass is 19.1. The lowest BCUT2D eigenvalue weighted by Gasteiger charge is -2.17. The number of rotatable bonds is 4. The zero-order valence-corrected chi connectivity index (χ0v) is 16.1. The van der Waals surface area contributed by atoms with Crippen molar-refractivity contribution in [1.82, 2.24) is 14.9 Å². The zero-order chi connectivity index (χ0) is 23.3. The van der Waals surface area contributed by atoms with Gasteiger partial charge in [0.2, 0.25) is 0 Å². The summed E-state index contributed by atoms with van der Waals surface area (Å²) in [6, 6.07) is 11.7. The number of carbonyl (C=O) groups is 1. The summed E-state index contributed by atoms with van der Waals surface area (Å²) in [5, 5.41) is 10.3. The normalized spacial score (nSPS) is 14.5. The van der Waals surface area contributed by atoms with Crippen LogP contribution in [0.2, 0.25) is 0 Å². The van der Waals surface area contributed by atoms with Crippen LogP contribution in [0.15, 0.2) is 60.9 Å². The molecular formula is C24H17F2N3O2. The van der Waals surface area contributed by atoms with Crippen LogP contribution in [0.3, 0.4) is 0 Å². The van der Waals surface area contributed by atoms with E-state index in [0.717, 1.165) is 0 Å². The second kappa shape index (κ2) is 7.52. The van der Waals surface area contributed by atoms with Crippen LogP contribution in [0.4, 0.5) is 8.78 Å². The second-order valence-electron chi connectivity index (χ2n) is 7.25. The predicted octanol–water partition coefficient (Wildman–Crippen LogP) is 4.22. The molecule has 0 aliphatic carbocycles. The quantitative estimate of drug-likeness (QED) is 0.538. The van der Waals surface area contributed by atoms with E-state index < -0.39 is 18.2 Å². The standard InChI is InChI=1S/C24H17F2N3O2/c25-20-9-15(16-6-5-14(13-30)23-17(16)3-1-8-28-23)10-21(26)19(20)11-29-12-22-18(24(29)31)4-2-7-27-22/h1-10,30H,11-13H2/i13D2. The molecule has 4 aromatic rings. The maximum Gasteiger partial charge on any atom is 0.256 e. The average molecular weight is 419 g/mol. The number of pyridine rings is 2. The minimum atomic E-state index is -2.62. The number of nitrogens with zero attached hydrogens (tertiary/aromatic N) is 3. The van der Waals surface area contributed by atoms with Crippen LogP contribution in [0.5, 0.6) is 0 Å². The molecule has 1 aliphatic heterocycles. The van der Waals surface area contributed by atoms with Gasteiger partial charge in [-0.25, -0.2) is 8.78 Å². The summed E-state index contributed by atoms with van der Waals surface area (Å²) in [4.78, 5) is 22.2. The summed E-state index contributed by atoms with van der Waals surface area (Å²) in [6.07, 6.45) is 3.02. The predicted molar refractivity (Wildman–Crippen MR) is 111 cm³/mol. The average Bonchev–Trinajstić information content (AvgIpc) is 3.10. The molecule has 0 unspecified atom stereocenters. The van der Waals surface area contributed by atoms with Crippen molar-refractivity contribution in [3.63, 3.8) is 0 Å². The van der Waals surface area contributed by atoms with Gasteiger partial charge in [0.15, 0.2) is 0 Å². The number of amides is 1. The highest BCUT2D eigenvalue weighted by molar-refractivity contribution is 5.98. The molecule has 0 spiro atoms. The van der Waals surface area contributed by atoms with Crippen molar-refractivity contribution >= 4 is 16.8 Å². The molecule has 0 bridgehead atoms. The number of aromatic nitrogens is 2. The Labute approximate surface area is 179 Å². The lowest BCUT2D eigenvalue weighted by atomic mass is 9.96. The summed E-state index contributed by atoms with van der Waals surface area (Å²) >= 11 is 0. The van der Waals surface area contributed by atoms with Gasteiger partial charge in [0.1, 0.15) is 11.6 Å². The molecule has 0 atom stereocenters. The van der Waals surface area contributed by atoms with Crippen molar-refractivity contribution in [3.8, 4) is 11.1 Å². The molecular weight excluding hydrogens is 400 g/mol. The van der Waals surface area contributed by atoms with Crippen molar-refractivity contribution < 1.29 is 21.4 Å². The van der Waals surface area contributed by atoms with E-state index in [4.69, 9.17) is 2.74 Å². The Balaban J connectivity index is 1.53. The van der Waals surface area contributed by atoms with Crippen LogP contribution >= 0.6 is 0 Å². The van der Waals surface area contributed by atoms with E-state index in [1.165, 1.54) is 35.4 Å². The third-order valence-electron chi connectivity index (χ3n) is 5.44. The Morgan fingerprint density at radius 2 is 1.77 bits per heavy atom. The highest BCUT2D eigenvalue weighted by Gasteiger charge is 2.29. The largest absolute Gasteiger partial charge is 0.392 e.